The standard InChI is InChI=1S/C13H14ClN3S2/c1-18-13-15-6-9-7-17(5-4-11(9)16-13)8-10-2-3-12(14)19-10/h2-3,6H,4-5,7-8H2,1H3. The van der Waals surface area contributed by atoms with Gasteiger partial charge < -0.3 is 0 Å². The van der Waals surface area contributed by atoms with Crippen LogP contribution in [0.5, 0.6) is 0 Å². The lowest BCUT2D eigenvalue weighted by atomic mass is 10.1. The molecule has 0 N–H and O–H groups in total. The van der Waals surface area contributed by atoms with Gasteiger partial charge in [-0.2, -0.15) is 0 Å². The molecule has 1 aliphatic heterocycles. The summed E-state index contributed by atoms with van der Waals surface area (Å²) in [6.45, 7) is 2.94. The normalized spacial score (nSPS) is 15.5. The van der Waals surface area contributed by atoms with Gasteiger partial charge in [0.1, 0.15) is 0 Å². The fourth-order valence-electron chi connectivity index (χ4n) is 2.25. The second-order valence-electron chi connectivity index (χ2n) is 4.50. The van der Waals surface area contributed by atoms with Gasteiger partial charge >= 0.3 is 0 Å². The van der Waals surface area contributed by atoms with E-state index in [1.165, 1.54) is 16.1 Å². The number of hydrogen-bond donors (Lipinski definition) is 0. The van der Waals surface area contributed by atoms with Crippen LogP contribution >= 0.6 is 34.7 Å². The highest BCUT2D eigenvalue weighted by Gasteiger charge is 2.18. The molecule has 19 heavy (non-hydrogen) atoms. The summed E-state index contributed by atoms with van der Waals surface area (Å²) in [5, 5.41) is 0.872. The molecule has 0 amide bonds. The van der Waals surface area contributed by atoms with E-state index in [1.807, 2.05) is 18.5 Å². The summed E-state index contributed by atoms with van der Waals surface area (Å²) >= 11 is 9.23. The summed E-state index contributed by atoms with van der Waals surface area (Å²) in [4.78, 5) is 12.7. The quantitative estimate of drug-likeness (QED) is 0.641. The zero-order valence-corrected chi connectivity index (χ0v) is 13.0. The van der Waals surface area contributed by atoms with E-state index in [4.69, 9.17) is 11.6 Å². The number of fused-ring (bicyclic) bond motifs is 1. The summed E-state index contributed by atoms with van der Waals surface area (Å²) in [5.74, 6) is 0. The van der Waals surface area contributed by atoms with Gasteiger partial charge in [-0.05, 0) is 18.4 Å². The molecule has 0 atom stereocenters. The highest BCUT2D eigenvalue weighted by molar-refractivity contribution is 7.98. The predicted octanol–water partition coefficient (Wildman–Crippen LogP) is 3.47. The Morgan fingerprint density at radius 3 is 3.11 bits per heavy atom. The maximum absolute atomic E-state index is 5.97. The Balaban J connectivity index is 1.71. The number of thiophene rings is 1. The third kappa shape index (κ3) is 3.11. The second kappa shape index (κ2) is 5.79. The first-order valence-corrected chi connectivity index (χ1v) is 8.52. The Kier molecular flexibility index (Phi) is 4.07. The van der Waals surface area contributed by atoms with Gasteiger partial charge in [-0.1, -0.05) is 23.4 Å². The molecule has 0 fully saturated rings. The Morgan fingerprint density at radius 1 is 1.47 bits per heavy atom. The molecule has 0 aliphatic carbocycles. The summed E-state index contributed by atoms with van der Waals surface area (Å²) < 4.78 is 0.861. The molecule has 0 saturated heterocycles. The monoisotopic (exact) mass is 311 g/mol. The molecular formula is C13H14ClN3S2. The molecule has 2 aromatic heterocycles. The first-order valence-electron chi connectivity index (χ1n) is 6.10. The average Bonchev–Trinajstić information content (AvgIpc) is 2.83. The summed E-state index contributed by atoms with van der Waals surface area (Å²) in [6.07, 6.45) is 4.99. The van der Waals surface area contributed by atoms with E-state index in [2.05, 4.69) is 20.9 Å². The topological polar surface area (TPSA) is 29.0 Å². The number of nitrogens with zero attached hydrogens (tertiary/aromatic N) is 3. The van der Waals surface area contributed by atoms with Crippen LogP contribution in [-0.4, -0.2) is 27.7 Å². The minimum Gasteiger partial charge on any atom is -0.293 e. The zero-order chi connectivity index (χ0) is 13.2. The van der Waals surface area contributed by atoms with Gasteiger partial charge in [-0.25, -0.2) is 9.97 Å². The molecule has 0 spiro atoms. The molecule has 2 aromatic rings. The van der Waals surface area contributed by atoms with Crippen molar-refractivity contribution < 1.29 is 0 Å². The lowest BCUT2D eigenvalue weighted by molar-refractivity contribution is 0.244. The third-order valence-electron chi connectivity index (χ3n) is 3.18. The maximum atomic E-state index is 5.97. The zero-order valence-electron chi connectivity index (χ0n) is 10.6. The molecule has 3 heterocycles. The van der Waals surface area contributed by atoms with Gasteiger partial charge in [0, 0.05) is 42.7 Å². The highest BCUT2D eigenvalue weighted by atomic mass is 35.5. The van der Waals surface area contributed by atoms with Crippen LogP contribution in [0.25, 0.3) is 0 Å². The van der Waals surface area contributed by atoms with Crippen molar-refractivity contribution in [3.05, 3.63) is 38.8 Å². The number of halogens is 1. The smallest absolute Gasteiger partial charge is 0.187 e. The molecule has 6 heteroatoms. The van der Waals surface area contributed by atoms with Crippen molar-refractivity contribution in [1.29, 1.82) is 0 Å². The van der Waals surface area contributed by atoms with E-state index in [1.54, 1.807) is 23.1 Å². The van der Waals surface area contributed by atoms with Crippen LogP contribution in [0.2, 0.25) is 4.34 Å². The van der Waals surface area contributed by atoms with Crippen molar-refractivity contribution in [2.24, 2.45) is 0 Å². The van der Waals surface area contributed by atoms with Crippen molar-refractivity contribution >= 4 is 34.7 Å². The van der Waals surface area contributed by atoms with Crippen molar-refractivity contribution in [2.45, 2.75) is 24.7 Å². The number of hydrogen-bond acceptors (Lipinski definition) is 5. The lowest BCUT2D eigenvalue weighted by Gasteiger charge is -2.27. The first kappa shape index (κ1) is 13.4. The molecule has 0 unspecified atom stereocenters. The van der Waals surface area contributed by atoms with Gasteiger partial charge in [0.2, 0.25) is 0 Å². The largest absolute Gasteiger partial charge is 0.293 e. The molecule has 3 nitrogen and oxygen atoms in total. The molecule has 3 rings (SSSR count). The highest BCUT2D eigenvalue weighted by Crippen LogP contribution is 2.25. The van der Waals surface area contributed by atoms with Gasteiger partial charge in [0.25, 0.3) is 0 Å². The minimum absolute atomic E-state index is 0.861. The average molecular weight is 312 g/mol. The molecule has 0 bridgehead atoms. The molecule has 1 aliphatic rings. The van der Waals surface area contributed by atoms with E-state index in [-0.39, 0.29) is 0 Å². The van der Waals surface area contributed by atoms with E-state index >= 15 is 0 Å². The predicted molar refractivity (Wildman–Crippen MR) is 81.0 cm³/mol. The van der Waals surface area contributed by atoms with Gasteiger partial charge in [0.05, 0.1) is 10.0 Å². The second-order valence-corrected chi connectivity index (χ2v) is 7.07. The van der Waals surface area contributed by atoms with Gasteiger partial charge in [0.15, 0.2) is 5.16 Å². The maximum Gasteiger partial charge on any atom is 0.187 e. The van der Waals surface area contributed by atoms with E-state index in [0.29, 0.717) is 0 Å². The SMILES string of the molecule is CSc1ncc2c(n1)CCN(Cc1ccc(Cl)s1)C2. The van der Waals surface area contributed by atoms with Crippen LogP contribution in [-0.2, 0) is 19.5 Å². The van der Waals surface area contributed by atoms with Crippen molar-refractivity contribution in [3.8, 4) is 0 Å². The van der Waals surface area contributed by atoms with Crippen LogP contribution in [0.4, 0.5) is 0 Å². The van der Waals surface area contributed by atoms with Crippen LogP contribution < -0.4 is 0 Å². The summed E-state index contributed by atoms with van der Waals surface area (Å²) in [6, 6.07) is 4.07. The number of aromatic nitrogens is 2. The molecule has 100 valence electrons. The van der Waals surface area contributed by atoms with E-state index in [9.17, 15) is 0 Å². The lowest BCUT2D eigenvalue weighted by Crippen LogP contribution is -2.30. The van der Waals surface area contributed by atoms with E-state index in [0.717, 1.165) is 35.5 Å². The Bertz CT molecular complexity index is 585. The fraction of sp³-hybridized carbons (Fsp3) is 0.385. The van der Waals surface area contributed by atoms with Gasteiger partial charge in [-0.15, -0.1) is 11.3 Å². The van der Waals surface area contributed by atoms with Gasteiger partial charge in [-0.3, -0.25) is 4.90 Å². The minimum atomic E-state index is 0.861. The Morgan fingerprint density at radius 2 is 2.37 bits per heavy atom. The molecular weight excluding hydrogens is 298 g/mol. The molecule has 0 saturated carbocycles. The number of rotatable bonds is 3. The van der Waals surface area contributed by atoms with Crippen molar-refractivity contribution in [1.82, 2.24) is 14.9 Å². The molecule has 0 aromatic carbocycles. The van der Waals surface area contributed by atoms with Crippen molar-refractivity contribution in [3.63, 3.8) is 0 Å². The van der Waals surface area contributed by atoms with Crippen LogP contribution in [0.15, 0.2) is 23.5 Å². The Hall–Kier alpha value is -0.620. The van der Waals surface area contributed by atoms with Crippen LogP contribution in [0.1, 0.15) is 16.1 Å². The molecule has 0 radical (unpaired) electrons. The van der Waals surface area contributed by atoms with Crippen molar-refractivity contribution in [2.75, 3.05) is 12.8 Å². The van der Waals surface area contributed by atoms with E-state index < -0.39 is 0 Å². The third-order valence-corrected chi connectivity index (χ3v) is 4.96. The first-order chi connectivity index (χ1) is 9.24. The van der Waals surface area contributed by atoms with Crippen LogP contribution in [0, 0.1) is 0 Å². The fourth-order valence-corrected chi connectivity index (χ4v) is 3.74. The summed E-state index contributed by atoms with van der Waals surface area (Å²) in [5.41, 5.74) is 2.46. The number of thioether (sulfide) groups is 1. The Labute approximate surface area is 126 Å². The summed E-state index contributed by atoms with van der Waals surface area (Å²) in [7, 11) is 0. The van der Waals surface area contributed by atoms with Crippen LogP contribution in [0.3, 0.4) is 0 Å².